The number of benzene rings is 2. The lowest BCUT2D eigenvalue weighted by Gasteiger charge is -2.19. The summed E-state index contributed by atoms with van der Waals surface area (Å²) in [4.78, 5) is 20.8. The molecule has 5 nitrogen and oxygen atoms in total. The van der Waals surface area contributed by atoms with Crippen LogP contribution >= 0.6 is 11.8 Å². The molecule has 0 aliphatic rings. The Morgan fingerprint density at radius 2 is 1.85 bits per heavy atom. The summed E-state index contributed by atoms with van der Waals surface area (Å²) in [6.45, 7) is 3.36. The maximum atomic E-state index is 11.6. The van der Waals surface area contributed by atoms with Crippen molar-refractivity contribution in [3.05, 3.63) is 60.8 Å². The predicted octanol–water partition coefficient (Wildman–Crippen LogP) is 4.53. The molecule has 0 saturated heterocycles. The van der Waals surface area contributed by atoms with E-state index in [1.54, 1.807) is 20.0 Å². The van der Waals surface area contributed by atoms with Gasteiger partial charge in [0.15, 0.2) is 10.8 Å². The van der Waals surface area contributed by atoms with E-state index < -0.39 is 10.7 Å². The number of rotatable bonds is 4. The molecule has 0 atom stereocenters. The number of aromatic nitrogens is 3. The lowest BCUT2D eigenvalue weighted by atomic mass is 10.1. The van der Waals surface area contributed by atoms with Crippen molar-refractivity contribution in [3.8, 4) is 5.69 Å². The summed E-state index contributed by atoms with van der Waals surface area (Å²) in [5.41, 5.74) is 2.39. The van der Waals surface area contributed by atoms with Crippen molar-refractivity contribution in [1.82, 2.24) is 14.5 Å². The number of thioether (sulfide) groups is 1. The molecule has 4 aromatic rings. The average molecular weight is 363 g/mol. The minimum Gasteiger partial charge on any atom is -0.480 e. The van der Waals surface area contributed by atoms with Gasteiger partial charge in [-0.2, -0.15) is 0 Å². The molecule has 2 heterocycles. The van der Waals surface area contributed by atoms with Crippen molar-refractivity contribution >= 4 is 39.7 Å². The van der Waals surface area contributed by atoms with Crippen LogP contribution in [0.4, 0.5) is 0 Å². The summed E-state index contributed by atoms with van der Waals surface area (Å²) in [7, 11) is 0. The molecular weight excluding hydrogens is 346 g/mol. The highest BCUT2D eigenvalue weighted by Crippen LogP contribution is 2.37. The minimum atomic E-state index is -1.01. The van der Waals surface area contributed by atoms with Gasteiger partial charge in [0.05, 0.1) is 5.69 Å². The van der Waals surface area contributed by atoms with Crippen molar-refractivity contribution in [2.75, 3.05) is 0 Å². The first-order chi connectivity index (χ1) is 12.5. The number of pyridine rings is 1. The molecule has 2 aromatic carbocycles. The van der Waals surface area contributed by atoms with E-state index in [1.165, 1.54) is 11.8 Å². The van der Waals surface area contributed by atoms with Crippen LogP contribution in [-0.2, 0) is 4.79 Å². The maximum Gasteiger partial charge on any atom is 0.319 e. The highest BCUT2D eigenvalue weighted by atomic mass is 32.2. The van der Waals surface area contributed by atoms with Crippen LogP contribution in [0.15, 0.2) is 66.0 Å². The summed E-state index contributed by atoms with van der Waals surface area (Å²) in [5.74, 6) is -0.882. The molecule has 2 aromatic heterocycles. The summed E-state index contributed by atoms with van der Waals surface area (Å²) in [6.07, 6.45) is 1.72. The van der Waals surface area contributed by atoms with Crippen LogP contribution in [-0.4, -0.2) is 30.4 Å². The van der Waals surface area contributed by atoms with Crippen molar-refractivity contribution in [3.63, 3.8) is 0 Å². The maximum absolute atomic E-state index is 11.6. The molecule has 130 valence electrons. The highest BCUT2D eigenvalue weighted by Gasteiger charge is 2.31. The Balaban J connectivity index is 2.02. The van der Waals surface area contributed by atoms with Gasteiger partial charge in [-0.25, -0.2) is 9.97 Å². The highest BCUT2D eigenvalue weighted by molar-refractivity contribution is 8.01. The summed E-state index contributed by atoms with van der Waals surface area (Å²) >= 11 is 1.22. The van der Waals surface area contributed by atoms with Gasteiger partial charge in [0.25, 0.3) is 0 Å². The van der Waals surface area contributed by atoms with Crippen molar-refractivity contribution in [2.45, 2.75) is 23.8 Å². The Bertz CT molecular complexity index is 1130. The Labute approximate surface area is 154 Å². The number of hydrogen-bond donors (Lipinski definition) is 1. The number of carboxylic acids is 1. The first kappa shape index (κ1) is 16.6. The first-order valence-electron chi connectivity index (χ1n) is 8.21. The Morgan fingerprint density at radius 3 is 2.65 bits per heavy atom. The second kappa shape index (κ2) is 6.14. The van der Waals surface area contributed by atoms with Gasteiger partial charge in [-0.05, 0) is 37.4 Å². The number of carboxylic acid groups (broad SMARTS) is 1. The topological polar surface area (TPSA) is 68.0 Å². The zero-order valence-electron chi connectivity index (χ0n) is 14.4. The van der Waals surface area contributed by atoms with Crippen molar-refractivity contribution in [1.29, 1.82) is 0 Å². The second-order valence-electron chi connectivity index (χ2n) is 6.49. The minimum absolute atomic E-state index is 0.613. The van der Waals surface area contributed by atoms with Gasteiger partial charge >= 0.3 is 5.97 Å². The molecule has 0 spiro atoms. The zero-order valence-corrected chi connectivity index (χ0v) is 15.2. The molecule has 0 aliphatic carbocycles. The van der Waals surface area contributed by atoms with Crippen LogP contribution in [0.1, 0.15) is 13.8 Å². The van der Waals surface area contributed by atoms with Crippen molar-refractivity contribution in [2.24, 2.45) is 0 Å². The van der Waals surface area contributed by atoms with E-state index in [-0.39, 0.29) is 0 Å². The smallest absolute Gasteiger partial charge is 0.319 e. The summed E-state index contributed by atoms with van der Waals surface area (Å²) in [5, 5.41) is 12.3. The van der Waals surface area contributed by atoms with Crippen LogP contribution in [0.5, 0.6) is 0 Å². The van der Waals surface area contributed by atoms with Gasteiger partial charge in [0.1, 0.15) is 10.3 Å². The molecule has 0 aliphatic heterocycles. The van der Waals surface area contributed by atoms with Crippen LogP contribution < -0.4 is 0 Å². The van der Waals surface area contributed by atoms with E-state index in [0.29, 0.717) is 10.8 Å². The SMILES string of the molecule is CC(C)(Sc1nc2cccnc2n1-c1cccc2ccccc12)C(=O)O. The first-order valence-corrected chi connectivity index (χ1v) is 9.03. The Hall–Kier alpha value is -2.86. The predicted molar refractivity (Wildman–Crippen MR) is 104 cm³/mol. The standard InChI is InChI=1S/C20H17N3O2S/c1-20(2,18(24)25)26-19-22-15-10-6-12-21-17(15)23(19)16-11-5-8-13-7-3-4-9-14(13)16/h3-12H,1-2H3,(H,24,25). The molecule has 0 bridgehead atoms. The van der Waals surface area contributed by atoms with E-state index in [9.17, 15) is 9.90 Å². The normalized spacial score (nSPS) is 11.9. The van der Waals surface area contributed by atoms with E-state index in [2.05, 4.69) is 28.2 Å². The molecule has 0 radical (unpaired) electrons. The van der Waals surface area contributed by atoms with Crippen LogP contribution in [0.2, 0.25) is 0 Å². The lowest BCUT2D eigenvalue weighted by molar-refractivity contribution is -0.138. The fraction of sp³-hybridized carbons (Fsp3) is 0.150. The summed E-state index contributed by atoms with van der Waals surface area (Å²) < 4.78 is 0.941. The van der Waals surface area contributed by atoms with Crippen LogP contribution in [0, 0.1) is 0 Å². The number of carbonyl (C=O) groups is 1. The molecule has 0 unspecified atom stereocenters. The van der Waals surface area contributed by atoms with Gasteiger partial charge in [0.2, 0.25) is 0 Å². The van der Waals surface area contributed by atoms with E-state index in [1.807, 2.05) is 41.0 Å². The quantitative estimate of drug-likeness (QED) is 0.540. The third kappa shape index (κ3) is 2.72. The molecule has 0 amide bonds. The van der Waals surface area contributed by atoms with Crippen LogP contribution in [0.3, 0.4) is 0 Å². The molecule has 1 N–H and O–H groups in total. The van der Waals surface area contributed by atoms with Gasteiger partial charge in [0, 0.05) is 11.6 Å². The molecule has 6 heteroatoms. The molecule has 0 fully saturated rings. The molecule has 0 saturated carbocycles. The number of imidazole rings is 1. The van der Waals surface area contributed by atoms with E-state index >= 15 is 0 Å². The van der Waals surface area contributed by atoms with Crippen LogP contribution in [0.25, 0.3) is 27.6 Å². The third-order valence-corrected chi connectivity index (χ3v) is 5.40. The van der Waals surface area contributed by atoms with Gasteiger partial charge in [-0.1, -0.05) is 48.2 Å². The zero-order chi connectivity index (χ0) is 18.3. The largest absolute Gasteiger partial charge is 0.480 e. The van der Waals surface area contributed by atoms with Gasteiger partial charge in [-0.15, -0.1) is 0 Å². The molecule has 4 rings (SSSR count). The second-order valence-corrected chi connectivity index (χ2v) is 8.08. The van der Waals surface area contributed by atoms with E-state index in [4.69, 9.17) is 0 Å². The fourth-order valence-corrected chi connectivity index (χ4v) is 3.82. The number of nitrogens with zero attached hydrogens (tertiary/aromatic N) is 3. The number of aliphatic carboxylic acids is 1. The summed E-state index contributed by atoms with van der Waals surface area (Å²) in [6, 6.07) is 17.9. The monoisotopic (exact) mass is 363 g/mol. The average Bonchev–Trinajstić information content (AvgIpc) is 2.98. The number of fused-ring (bicyclic) bond motifs is 2. The number of hydrogen-bond acceptors (Lipinski definition) is 4. The Kier molecular flexibility index (Phi) is 3.92. The lowest BCUT2D eigenvalue weighted by Crippen LogP contribution is -2.27. The van der Waals surface area contributed by atoms with Gasteiger partial charge in [-0.3, -0.25) is 9.36 Å². The third-order valence-electron chi connectivity index (χ3n) is 4.25. The van der Waals surface area contributed by atoms with Crippen molar-refractivity contribution < 1.29 is 9.90 Å². The molecule has 26 heavy (non-hydrogen) atoms. The van der Waals surface area contributed by atoms with Gasteiger partial charge < -0.3 is 5.11 Å². The Morgan fingerprint density at radius 1 is 1.08 bits per heavy atom. The fourth-order valence-electron chi connectivity index (χ4n) is 2.85. The molecular formula is C20H17N3O2S. The van der Waals surface area contributed by atoms with E-state index in [0.717, 1.165) is 22.0 Å².